The number of hydrogen-bond donors (Lipinski definition) is 0. The summed E-state index contributed by atoms with van der Waals surface area (Å²) in [5, 5.41) is 21.5. The lowest BCUT2D eigenvalue weighted by molar-refractivity contribution is 1.03. The van der Waals surface area contributed by atoms with Crippen LogP contribution in [0.4, 0.5) is 0 Å². The Morgan fingerprint density at radius 1 is 0.142 bits per heavy atom. The van der Waals surface area contributed by atoms with E-state index in [-0.39, 0.29) is 0 Å². The van der Waals surface area contributed by atoms with Crippen LogP contribution < -0.4 is 0 Å². The van der Waals surface area contributed by atoms with Crippen molar-refractivity contribution in [2.45, 2.75) is 0 Å². The van der Waals surface area contributed by atoms with Crippen LogP contribution in [0.2, 0.25) is 0 Å². The Balaban J connectivity index is 0.000000111. The van der Waals surface area contributed by atoms with Gasteiger partial charge in [-0.15, -0.1) is 0 Å². The maximum absolute atomic E-state index is 5.10. The summed E-state index contributed by atoms with van der Waals surface area (Å²) in [5.41, 5.74) is 13.2. The molecule has 0 saturated carbocycles. The molecule has 0 atom stereocenters. The summed E-state index contributed by atoms with van der Waals surface area (Å²) in [4.78, 5) is 105. The lowest BCUT2D eigenvalue weighted by Gasteiger charge is -2.12. The predicted octanol–water partition coefficient (Wildman–Crippen LogP) is 24.4. The van der Waals surface area contributed by atoms with Crippen LogP contribution >= 0.6 is 0 Å². The van der Waals surface area contributed by atoms with Gasteiger partial charge in [0.05, 0.1) is 70.8 Å². The smallest absolute Gasteiger partial charge is 0.184 e. The van der Waals surface area contributed by atoms with Gasteiger partial charge in [0.25, 0.3) is 0 Å². The highest BCUT2D eigenvalue weighted by molar-refractivity contribution is 6.25. The van der Waals surface area contributed by atoms with E-state index in [0.717, 1.165) is 126 Å². The average molecular weight is 1720 g/mol. The van der Waals surface area contributed by atoms with Gasteiger partial charge in [-0.1, -0.05) is 249 Å². The molecular formula is C112H66N22. The van der Waals surface area contributed by atoms with Crippen LogP contribution in [0.15, 0.2) is 402 Å². The van der Waals surface area contributed by atoms with Gasteiger partial charge in [0, 0.05) is 108 Å². The first-order valence-electron chi connectivity index (χ1n) is 43.4. The first kappa shape index (κ1) is 78.5. The quantitative estimate of drug-likeness (QED) is 0.103. The van der Waals surface area contributed by atoms with Crippen molar-refractivity contribution in [3.63, 3.8) is 0 Å². The molecule has 134 heavy (non-hydrogen) atoms. The maximum Gasteiger partial charge on any atom is 0.184 e. The fourth-order valence-corrected chi connectivity index (χ4v) is 17.3. The monoisotopic (exact) mass is 1720 g/mol. The molecule has 0 aliphatic rings. The Morgan fingerprint density at radius 3 is 0.746 bits per heavy atom. The van der Waals surface area contributed by atoms with Gasteiger partial charge in [-0.25, -0.2) is 74.8 Å². The first-order valence-corrected chi connectivity index (χ1v) is 43.4. The molecule has 0 fully saturated rings. The Kier molecular flexibility index (Phi) is 19.9. The van der Waals surface area contributed by atoms with E-state index in [1.54, 1.807) is 74.4 Å². The number of pyridine rings is 7. The lowest BCUT2D eigenvalue weighted by atomic mass is 9.97. The molecule has 13 aromatic carbocycles. The normalized spacial score (nSPS) is 11.4. The molecule has 0 aliphatic carbocycles. The van der Waals surface area contributed by atoms with E-state index < -0.39 is 0 Å². The zero-order chi connectivity index (χ0) is 88.8. The highest BCUT2D eigenvalue weighted by atomic mass is 15.1. The van der Waals surface area contributed by atoms with E-state index in [0.29, 0.717) is 98.0 Å². The molecule has 22 nitrogen and oxygen atoms in total. The van der Waals surface area contributed by atoms with Crippen molar-refractivity contribution >= 4 is 119 Å². The molecule has 0 spiro atoms. The van der Waals surface area contributed by atoms with Crippen molar-refractivity contribution in [3.05, 3.63) is 402 Å². The van der Waals surface area contributed by atoms with Gasteiger partial charge in [-0.05, 0) is 133 Å². The molecule has 0 aliphatic heterocycles. The highest BCUT2D eigenvalue weighted by Gasteiger charge is 2.24. The Bertz CT molecular complexity index is 8490. The van der Waals surface area contributed by atoms with E-state index in [1.807, 2.05) is 127 Å². The maximum atomic E-state index is 5.10. The molecule has 26 rings (SSSR count). The van der Waals surface area contributed by atoms with Gasteiger partial charge in [-0.3, -0.25) is 34.9 Å². The molecule has 0 unspecified atom stereocenters. The number of benzene rings is 13. The van der Waals surface area contributed by atoms with Crippen LogP contribution in [0.25, 0.3) is 256 Å². The van der Waals surface area contributed by atoms with Crippen LogP contribution in [0, 0.1) is 0 Å². The molecule has 0 radical (unpaired) electrons. The fourth-order valence-electron chi connectivity index (χ4n) is 17.3. The third kappa shape index (κ3) is 15.0. The number of aromatic nitrogens is 22. The zero-order valence-corrected chi connectivity index (χ0v) is 70.9. The Morgan fingerprint density at radius 2 is 0.418 bits per heavy atom. The summed E-state index contributed by atoms with van der Waals surface area (Å²) in [6.07, 6.45) is 20.6. The van der Waals surface area contributed by atoms with Crippen molar-refractivity contribution in [2.24, 2.45) is 0 Å². The van der Waals surface area contributed by atoms with Crippen LogP contribution in [0.5, 0.6) is 0 Å². The highest BCUT2D eigenvalue weighted by Crippen LogP contribution is 2.42. The summed E-state index contributed by atoms with van der Waals surface area (Å²) in [6.45, 7) is 0. The largest absolute Gasteiger partial charge is 0.264 e. The summed E-state index contributed by atoms with van der Waals surface area (Å²) < 4.78 is 0. The van der Waals surface area contributed by atoms with Crippen molar-refractivity contribution in [1.82, 2.24) is 110 Å². The minimum atomic E-state index is 0.382. The van der Waals surface area contributed by atoms with Gasteiger partial charge < -0.3 is 0 Å². The van der Waals surface area contributed by atoms with E-state index in [2.05, 4.69) is 225 Å². The van der Waals surface area contributed by atoms with Crippen LogP contribution in [0.3, 0.4) is 0 Å². The summed E-state index contributed by atoms with van der Waals surface area (Å²) in [6, 6.07) is 111. The second-order valence-corrected chi connectivity index (χ2v) is 31.9. The van der Waals surface area contributed by atoms with E-state index in [9.17, 15) is 0 Å². The summed E-state index contributed by atoms with van der Waals surface area (Å²) in [5.74, 6) is 4.23. The minimum absolute atomic E-state index is 0.382. The zero-order valence-electron chi connectivity index (χ0n) is 70.9. The van der Waals surface area contributed by atoms with Crippen LogP contribution in [-0.2, 0) is 0 Å². The molecule has 0 bridgehead atoms. The van der Waals surface area contributed by atoms with E-state index in [1.165, 1.54) is 32.3 Å². The number of nitrogens with zero attached hydrogens (tertiary/aromatic N) is 22. The van der Waals surface area contributed by atoms with Crippen LogP contribution in [-0.4, -0.2) is 110 Å². The average Bonchev–Trinajstić information content (AvgIpc) is 0.743. The molecule has 0 saturated heterocycles. The van der Waals surface area contributed by atoms with Gasteiger partial charge in [-0.2, -0.15) is 0 Å². The van der Waals surface area contributed by atoms with Crippen molar-refractivity contribution in [3.8, 4) is 137 Å². The van der Waals surface area contributed by atoms with Gasteiger partial charge >= 0.3 is 0 Å². The summed E-state index contributed by atoms with van der Waals surface area (Å²) >= 11 is 0. The van der Waals surface area contributed by atoms with Crippen molar-refractivity contribution in [1.29, 1.82) is 0 Å². The topological polar surface area (TPSA) is 284 Å². The molecule has 13 heterocycles. The van der Waals surface area contributed by atoms with Crippen molar-refractivity contribution < 1.29 is 0 Å². The SMILES string of the molecule is c1ccc(-c2nc(-c3ccccn3)nc(-c3cnc(-c4nc5ccccc5c5c4ccc4ccccc45)cn3)n2)nc1.c1ccc2cc(-c3nc(-c4ccc5ccccc5c4)nc(-c4cnc(-c5nc6ccccc6c6c5ccc5ccccc56)cn4)n3)ccc2c1.c1cncc(-c2nc(-c3cccnc3)nc(-c3cnc(-c4nc5ccccc5c5c4ccc4ccccc45)cn3)n2)c1. The second-order valence-electron chi connectivity index (χ2n) is 31.9. The fraction of sp³-hybridized carbons (Fsp3) is 0. The predicted molar refractivity (Wildman–Crippen MR) is 529 cm³/mol. The lowest BCUT2D eigenvalue weighted by Crippen LogP contribution is -2.03. The Labute approximate surface area is 763 Å². The van der Waals surface area contributed by atoms with Crippen molar-refractivity contribution in [2.75, 3.05) is 0 Å². The van der Waals surface area contributed by atoms with Gasteiger partial charge in [0.15, 0.2) is 52.4 Å². The number of hydrogen-bond acceptors (Lipinski definition) is 22. The second kappa shape index (κ2) is 34.0. The van der Waals surface area contributed by atoms with E-state index >= 15 is 0 Å². The van der Waals surface area contributed by atoms with E-state index in [4.69, 9.17) is 84.7 Å². The molecule has 624 valence electrons. The van der Waals surface area contributed by atoms with Gasteiger partial charge in [0.1, 0.15) is 45.6 Å². The molecule has 0 amide bonds. The molecular weight excluding hydrogens is 1650 g/mol. The third-order valence-electron chi connectivity index (χ3n) is 23.7. The minimum Gasteiger partial charge on any atom is -0.264 e. The van der Waals surface area contributed by atoms with Crippen LogP contribution in [0.1, 0.15) is 0 Å². The number of para-hydroxylation sites is 3. The molecule has 13 aromatic heterocycles. The Hall–Kier alpha value is -19.0. The summed E-state index contributed by atoms with van der Waals surface area (Å²) in [7, 11) is 0. The third-order valence-corrected chi connectivity index (χ3v) is 23.7. The van der Waals surface area contributed by atoms with Gasteiger partial charge in [0.2, 0.25) is 0 Å². The molecule has 26 aromatic rings. The molecule has 0 N–H and O–H groups in total. The number of rotatable bonds is 12. The molecule has 22 heteroatoms. The first-order chi connectivity index (χ1) is 66.4. The number of fused-ring (bicyclic) bond motifs is 17. The standard InChI is InChI=1S/C44H26N6.2C34H20N8/c1-3-12-30-23-32(19-17-27(30)9-1)42-48-43(33-20-18-28-10-2-4-13-31(28)24-33)50-44(49-42)39-26-45-38(25-46-39)41-36-22-21-29-11-5-6-14-34(29)40(36)35-15-7-8-16-37(35)47-41;1-2-10-22-21(9-1)15-16-24-30(22)23-11-3-4-12-25(23)39-31(24)28-19-38-29(20-37-28)34-41-32(26-13-5-7-17-35-26)40-33(42-34)27-14-6-8-18-36-27;1-2-10-24-21(7-1)13-14-26-30(24)25-11-3-4-12-27(25)39-31(26)28-19-38-29(20-37-28)34-41-32(22-8-5-15-35-17-22)40-33(42-34)23-9-6-16-36-18-23/h1-26H;2*1-20H.